The standard InChI is InChI=1S/C19H23FN2O3.ClH/c1-12-4-7-17(18(10-12)24-3)25-16-8-6-14(11-15(16)20)22-19(23)9-5-13(2)21;/h4,6-8,10-11,13H,5,9,21H2,1-3H3,(H,22,23);1H. The van der Waals surface area contributed by atoms with Gasteiger partial charge in [0.1, 0.15) is 0 Å². The monoisotopic (exact) mass is 382 g/mol. The van der Waals surface area contributed by atoms with Gasteiger partial charge in [0.2, 0.25) is 5.91 Å². The van der Waals surface area contributed by atoms with E-state index in [1.165, 1.54) is 19.2 Å². The first-order valence-corrected chi connectivity index (χ1v) is 8.06. The second-order valence-electron chi connectivity index (χ2n) is 5.97. The van der Waals surface area contributed by atoms with E-state index < -0.39 is 5.82 Å². The van der Waals surface area contributed by atoms with Crippen molar-refractivity contribution < 1.29 is 18.7 Å². The Balaban J connectivity index is 0.00000338. The van der Waals surface area contributed by atoms with E-state index in [-0.39, 0.29) is 36.5 Å². The van der Waals surface area contributed by atoms with Crippen molar-refractivity contribution in [1.82, 2.24) is 0 Å². The molecule has 2 aromatic rings. The van der Waals surface area contributed by atoms with Gasteiger partial charge in [0.05, 0.1) is 7.11 Å². The molecule has 1 amide bonds. The third-order valence-corrected chi connectivity index (χ3v) is 3.58. The Bertz CT molecular complexity index is 754. The normalized spacial score (nSPS) is 11.3. The lowest BCUT2D eigenvalue weighted by molar-refractivity contribution is -0.116. The highest BCUT2D eigenvalue weighted by Gasteiger charge is 2.11. The predicted octanol–water partition coefficient (Wildman–Crippen LogP) is 4.42. The number of rotatable bonds is 7. The Morgan fingerprint density at radius 1 is 1.19 bits per heavy atom. The molecule has 0 heterocycles. The number of carbonyl (C=O) groups excluding carboxylic acids is 1. The molecule has 0 saturated heterocycles. The SMILES string of the molecule is COc1cc(C)ccc1Oc1ccc(NC(=O)CCC(C)N)cc1F.Cl. The molecule has 5 nitrogen and oxygen atoms in total. The molecule has 142 valence electrons. The van der Waals surface area contributed by atoms with E-state index in [9.17, 15) is 9.18 Å². The fraction of sp³-hybridized carbons (Fsp3) is 0.316. The summed E-state index contributed by atoms with van der Waals surface area (Å²) in [5.74, 6) is 0.210. The highest BCUT2D eigenvalue weighted by molar-refractivity contribution is 5.90. The first-order chi connectivity index (χ1) is 11.9. The number of nitrogens with two attached hydrogens (primary N) is 1. The molecule has 1 atom stereocenters. The minimum atomic E-state index is -0.576. The zero-order valence-electron chi connectivity index (χ0n) is 15.0. The van der Waals surface area contributed by atoms with Crippen LogP contribution in [0, 0.1) is 12.7 Å². The zero-order chi connectivity index (χ0) is 18.4. The number of nitrogens with one attached hydrogen (secondary N) is 1. The number of anilines is 1. The number of hydrogen-bond acceptors (Lipinski definition) is 4. The van der Waals surface area contributed by atoms with Gasteiger partial charge in [-0.1, -0.05) is 6.07 Å². The topological polar surface area (TPSA) is 73.6 Å². The summed E-state index contributed by atoms with van der Waals surface area (Å²) in [5.41, 5.74) is 7.00. The molecule has 0 aliphatic rings. The summed E-state index contributed by atoms with van der Waals surface area (Å²) in [6.45, 7) is 3.76. The number of ether oxygens (including phenoxy) is 2. The molecule has 1 unspecified atom stereocenters. The van der Waals surface area contributed by atoms with E-state index in [0.717, 1.165) is 5.56 Å². The lowest BCUT2D eigenvalue weighted by atomic mass is 10.2. The van der Waals surface area contributed by atoms with E-state index >= 15 is 0 Å². The smallest absolute Gasteiger partial charge is 0.224 e. The number of benzene rings is 2. The molecule has 0 bridgehead atoms. The number of carbonyl (C=O) groups is 1. The summed E-state index contributed by atoms with van der Waals surface area (Å²) < 4.78 is 25.1. The minimum Gasteiger partial charge on any atom is -0.493 e. The number of amides is 1. The lowest BCUT2D eigenvalue weighted by Crippen LogP contribution is -2.19. The first kappa shape index (κ1) is 21.7. The quantitative estimate of drug-likeness (QED) is 0.743. The maximum absolute atomic E-state index is 14.3. The van der Waals surface area contributed by atoms with E-state index in [1.807, 2.05) is 19.9 Å². The van der Waals surface area contributed by atoms with Gasteiger partial charge in [-0.2, -0.15) is 0 Å². The van der Waals surface area contributed by atoms with E-state index in [0.29, 0.717) is 23.6 Å². The van der Waals surface area contributed by atoms with Crippen LogP contribution in [0.3, 0.4) is 0 Å². The second-order valence-corrected chi connectivity index (χ2v) is 5.97. The summed E-state index contributed by atoms with van der Waals surface area (Å²) in [4.78, 5) is 11.8. The van der Waals surface area contributed by atoms with Crippen LogP contribution in [0.5, 0.6) is 17.2 Å². The molecular formula is C19H24ClFN2O3. The molecule has 2 rings (SSSR count). The Labute approximate surface area is 159 Å². The molecule has 26 heavy (non-hydrogen) atoms. The number of hydrogen-bond donors (Lipinski definition) is 2. The molecule has 0 fully saturated rings. The van der Waals surface area contributed by atoms with Crippen LogP contribution in [-0.2, 0) is 4.79 Å². The molecule has 0 radical (unpaired) electrons. The van der Waals surface area contributed by atoms with Crippen molar-refractivity contribution in [2.45, 2.75) is 32.7 Å². The van der Waals surface area contributed by atoms with Crippen LogP contribution in [0.25, 0.3) is 0 Å². The van der Waals surface area contributed by atoms with Gasteiger partial charge in [-0.25, -0.2) is 4.39 Å². The molecule has 2 aromatic carbocycles. The molecule has 0 saturated carbocycles. The van der Waals surface area contributed by atoms with Crippen LogP contribution in [0.4, 0.5) is 10.1 Å². The van der Waals surface area contributed by atoms with Crippen molar-refractivity contribution >= 4 is 24.0 Å². The molecule has 0 aliphatic carbocycles. The maximum atomic E-state index is 14.3. The van der Waals surface area contributed by atoms with Crippen molar-refractivity contribution in [1.29, 1.82) is 0 Å². The Hall–Kier alpha value is -2.31. The highest BCUT2D eigenvalue weighted by atomic mass is 35.5. The van der Waals surface area contributed by atoms with Crippen LogP contribution in [0.15, 0.2) is 36.4 Å². The molecule has 0 spiro atoms. The molecular weight excluding hydrogens is 359 g/mol. The van der Waals surface area contributed by atoms with Gasteiger partial charge < -0.3 is 20.5 Å². The third-order valence-electron chi connectivity index (χ3n) is 3.58. The highest BCUT2D eigenvalue weighted by Crippen LogP contribution is 2.34. The van der Waals surface area contributed by atoms with Crippen LogP contribution >= 0.6 is 12.4 Å². The third kappa shape index (κ3) is 6.20. The van der Waals surface area contributed by atoms with E-state index in [1.54, 1.807) is 18.2 Å². The van der Waals surface area contributed by atoms with Crippen LogP contribution in [0.2, 0.25) is 0 Å². The molecule has 0 aliphatic heterocycles. The summed E-state index contributed by atoms with van der Waals surface area (Å²) in [5, 5.41) is 2.64. The lowest BCUT2D eigenvalue weighted by Gasteiger charge is -2.12. The van der Waals surface area contributed by atoms with Gasteiger partial charge in [-0.15, -0.1) is 12.4 Å². The number of methoxy groups -OCH3 is 1. The molecule has 3 N–H and O–H groups in total. The zero-order valence-corrected chi connectivity index (χ0v) is 15.9. The molecule has 7 heteroatoms. The van der Waals surface area contributed by atoms with Crippen molar-refractivity contribution in [2.24, 2.45) is 5.73 Å². The van der Waals surface area contributed by atoms with Crippen LogP contribution < -0.4 is 20.5 Å². The van der Waals surface area contributed by atoms with Crippen molar-refractivity contribution in [3.63, 3.8) is 0 Å². The van der Waals surface area contributed by atoms with E-state index in [2.05, 4.69) is 5.32 Å². The van der Waals surface area contributed by atoms with Gasteiger partial charge in [-0.3, -0.25) is 4.79 Å². The Morgan fingerprint density at radius 2 is 1.88 bits per heavy atom. The maximum Gasteiger partial charge on any atom is 0.224 e. The van der Waals surface area contributed by atoms with Gasteiger partial charge in [0.25, 0.3) is 0 Å². The van der Waals surface area contributed by atoms with Crippen molar-refractivity contribution in [3.8, 4) is 17.2 Å². The van der Waals surface area contributed by atoms with Gasteiger partial charge in [0, 0.05) is 24.2 Å². The summed E-state index contributed by atoms with van der Waals surface area (Å²) >= 11 is 0. The fourth-order valence-corrected chi connectivity index (χ4v) is 2.22. The number of halogens is 2. The van der Waals surface area contributed by atoms with Gasteiger partial charge in [-0.05, 0) is 50.1 Å². The summed E-state index contributed by atoms with van der Waals surface area (Å²) in [7, 11) is 1.53. The van der Waals surface area contributed by atoms with E-state index in [4.69, 9.17) is 15.2 Å². The predicted molar refractivity (Wildman–Crippen MR) is 103 cm³/mol. The van der Waals surface area contributed by atoms with Crippen molar-refractivity contribution in [2.75, 3.05) is 12.4 Å². The van der Waals surface area contributed by atoms with Crippen molar-refractivity contribution in [3.05, 3.63) is 47.8 Å². The largest absolute Gasteiger partial charge is 0.493 e. The van der Waals surface area contributed by atoms with Crippen LogP contribution in [0.1, 0.15) is 25.3 Å². The molecule has 0 aromatic heterocycles. The number of aryl methyl sites for hydroxylation is 1. The first-order valence-electron chi connectivity index (χ1n) is 8.06. The Morgan fingerprint density at radius 3 is 2.50 bits per heavy atom. The second kappa shape index (κ2) is 9.99. The summed E-state index contributed by atoms with van der Waals surface area (Å²) in [6.07, 6.45) is 0.862. The average Bonchev–Trinajstić information content (AvgIpc) is 2.56. The van der Waals surface area contributed by atoms with Gasteiger partial charge in [0.15, 0.2) is 23.1 Å². The van der Waals surface area contributed by atoms with Gasteiger partial charge >= 0.3 is 0 Å². The fourth-order valence-electron chi connectivity index (χ4n) is 2.22. The summed E-state index contributed by atoms with van der Waals surface area (Å²) in [6, 6.07) is 9.60. The van der Waals surface area contributed by atoms with Crippen LogP contribution in [-0.4, -0.2) is 19.1 Å². The average molecular weight is 383 g/mol. The Kier molecular flexibility index (Phi) is 8.35. The minimum absolute atomic E-state index is 0.